The van der Waals surface area contributed by atoms with E-state index in [0.717, 1.165) is 22.2 Å². The Labute approximate surface area is 122 Å². The molecule has 4 heteroatoms. The fraction of sp³-hybridized carbons (Fsp3) is 0.118. The summed E-state index contributed by atoms with van der Waals surface area (Å²) < 4.78 is 14.0. The summed E-state index contributed by atoms with van der Waals surface area (Å²) in [5.74, 6) is -0.254. The van der Waals surface area contributed by atoms with Gasteiger partial charge in [-0.05, 0) is 37.3 Å². The highest BCUT2D eigenvalue weighted by atomic mass is 19.1. The first-order valence-corrected chi connectivity index (χ1v) is 6.71. The smallest absolute Gasteiger partial charge is 0.146 e. The number of halogens is 1. The number of rotatable bonds is 2. The van der Waals surface area contributed by atoms with Crippen LogP contribution in [-0.4, -0.2) is 12.0 Å². The number of aromatic nitrogens is 1. The lowest BCUT2D eigenvalue weighted by Crippen LogP contribution is -2.12. The normalized spacial score (nSPS) is 10.8. The molecule has 3 nitrogen and oxygen atoms in total. The first-order valence-electron chi connectivity index (χ1n) is 6.71. The summed E-state index contributed by atoms with van der Waals surface area (Å²) in [5.41, 5.74) is 9.00. The summed E-state index contributed by atoms with van der Waals surface area (Å²) in [6, 6.07) is 12.4. The number of nitrogen functional groups attached to an aromatic ring is 1. The van der Waals surface area contributed by atoms with E-state index in [2.05, 4.69) is 4.98 Å². The maximum Gasteiger partial charge on any atom is 0.146 e. The number of benzene rings is 2. The van der Waals surface area contributed by atoms with Crippen LogP contribution in [0.15, 0.2) is 48.7 Å². The molecule has 0 aliphatic rings. The van der Waals surface area contributed by atoms with Crippen LogP contribution in [0.4, 0.5) is 21.5 Å². The number of hydrogen-bond donors (Lipinski definition) is 1. The molecule has 0 fully saturated rings. The van der Waals surface area contributed by atoms with Crippen molar-refractivity contribution in [3.8, 4) is 0 Å². The molecule has 1 aromatic heterocycles. The summed E-state index contributed by atoms with van der Waals surface area (Å²) in [7, 11) is 1.85. The molecule has 0 bridgehead atoms. The largest absolute Gasteiger partial charge is 0.398 e. The Morgan fingerprint density at radius 3 is 2.57 bits per heavy atom. The van der Waals surface area contributed by atoms with Gasteiger partial charge in [0.1, 0.15) is 5.82 Å². The number of nitrogens with two attached hydrogens (primary N) is 1. The summed E-state index contributed by atoms with van der Waals surface area (Å²) in [5, 5.41) is 1.84. The van der Waals surface area contributed by atoms with Gasteiger partial charge in [-0.15, -0.1) is 0 Å². The van der Waals surface area contributed by atoms with Gasteiger partial charge in [0, 0.05) is 41.1 Å². The van der Waals surface area contributed by atoms with E-state index in [0.29, 0.717) is 11.4 Å². The van der Waals surface area contributed by atoms with Crippen molar-refractivity contribution in [2.75, 3.05) is 17.7 Å². The lowest BCUT2D eigenvalue weighted by Gasteiger charge is -2.22. The molecular formula is C17H16FN3. The van der Waals surface area contributed by atoms with Crippen molar-refractivity contribution in [2.45, 2.75) is 6.92 Å². The molecule has 2 N–H and O–H groups in total. The number of anilines is 3. The number of pyridine rings is 1. The average Bonchev–Trinajstić information content (AvgIpc) is 2.47. The van der Waals surface area contributed by atoms with Crippen LogP contribution >= 0.6 is 0 Å². The van der Waals surface area contributed by atoms with Crippen molar-refractivity contribution in [3.05, 3.63) is 60.2 Å². The fourth-order valence-electron chi connectivity index (χ4n) is 2.50. The van der Waals surface area contributed by atoms with Crippen LogP contribution in [-0.2, 0) is 0 Å². The van der Waals surface area contributed by atoms with Gasteiger partial charge in [-0.2, -0.15) is 0 Å². The van der Waals surface area contributed by atoms with Gasteiger partial charge >= 0.3 is 0 Å². The Bertz CT molecular complexity index is 814. The molecule has 21 heavy (non-hydrogen) atoms. The van der Waals surface area contributed by atoms with Crippen LogP contribution in [0.3, 0.4) is 0 Å². The third-order valence-electron chi connectivity index (χ3n) is 3.62. The van der Waals surface area contributed by atoms with E-state index in [-0.39, 0.29) is 5.82 Å². The van der Waals surface area contributed by atoms with Gasteiger partial charge in [0.25, 0.3) is 0 Å². The van der Waals surface area contributed by atoms with Crippen molar-refractivity contribution in [1.82, 2.24) is 4.98 Å². The maximum atomic E-state index is 14.0. The van der Waals surface area contributed by atoms with Crippen LogP contribution in [0.25, 0.3) is 10.8 Å². The van der Waals surface area contributed by atoms with Crippen LogP contribution in [0, 0.1) is 12.7 Å². The van der Waals surface area contributed by atoms with Gasteiger partial charge in [0.15, 0.2) is 0 Å². The minimum absolute atomic E-state index is 0.254. The molecule has 0 radical (unpaired) electrons. The zero-order chi connectivity index (χ0) is 15.0. The fourth-order valence-corrected chi connectivity index (χ4v) is 2.50. The summed E-state index contributed by atoms with van der Waals surface area (Å²) in [6.45, 7) is 1.93. The van der Waals surface area contributed by atoms with Crippen LogP contribution in [0.1, 0.15) is 5.69 Å². The molecule has 0 spiro atoms. The number of hydrogen-bond acceptors (Lipinski definition) is 3. The number of fused-ring (bicyclic) bond motifs is 1. The van der Waals surface area contributed by atoms with E-state index >= 15 is 0 Å². The van der Waals surface area contributed by atoms with Gasteiger partial charge in [-0.3, -0.25) is 4.98 Å². The molecule has 1 heterocycles. The first-order chi connectivity index (χ1) is 10.1. The average molecular weight is 281 g/mol. The monoisotopic (exact) mass is 281 g/mol. The van der Waals surface area contributed by atoms with E-state index in [1.54, 1.807) is 18.3 Å². The Hall–Kier alpha value is -2.62. The van der Waals surface area contributed by atoms with Crippen molar-refractivity contribution < 1.29 is 4.39 Å². The molecule has 0 atom stereocenters. The van der Waals surface area contributed by atoms with Crippen LogP contribution < -0.4 is 10.6 Å². The van der Waals surface area contributed by atoms with E-state index < -0.39 is 0 Å². The van der Waals surface area contributed by atoms with Crippen molar-refractivity contribution in [1.29, 1.82) is 0 Å². The molecule has 2 aromatic carbocycles. The molecule has 0 aliphatic carbocycles. The molecular weight excluding hydrogens is 265 g/mol. The lowest BCUT2D eigenvalue weighted by atomic mass is 10.1. The Kier molecular flexibility index (Phi) is 3.22. The Morgan fingerprint density at radius 2 is 1.81 bits per heavy atom. The molecule has 0 unspecified atom stereocenters. The minimum atomic E-state index is -0.254. The minimum Gasteiger partial charge on any atom is -0.398 e. The zero-order valence-corrected chi connectivity index (χ0v) is 12.0. The second-order valence-corrected chi connectivity index (χ2v) is 5.06. The van der Waals surface area contributed by atoms with Gasteiger partial charge in [-0.25, -0.2) is 4.39 Å². The van der Waals surface area contributed by atoms with Crippen molar-refractivity contribution in [2.24, 2.45) is 0 Å². The van der Waals surface area contributed by atoms with Gasteiger partial charge in [0.05, 0.1) is 5.69 Å². The van der Waals surface area contributed by atoms with Crippen molar-refractivity contribution in [3.63, 3.8) is 0 Å². The molecule has 0 aliphatic heterocycles. The molecule has 3 rings (SSSR count). The highest BCUT2D eigenvalue weighted by molar-refractivity contribution is 6.02. The van der Waals surface area contributed by atoms with E-state index in [9.17, 15) is 4.39 Å². The standard InChI is InChI=1S/C17H16FN3/c1-11-9-12-13(10-20-11)15(19)7-8-16(12)21(2)17-6-4-3-5-14(17)18/h3-10H,19H2,1-2H3. The summed E-state index contributed by atoms with van der Waals surface area (Å²) in [6.07, 6.45) is 1.76. The maximum absolute atomic E-state index is 14.0. The number of aryl methyl sites for hydroxylation is 1. The third-order valence-corrected chi connectivity index (χ3v) is 3.62. The predicted molar refractivity (Wildman–Crippen MR) is 85.4 cm³/mol. The van der Waals surface area contributed by atoms with Crippen molar-refractivity contribution >= 4 is 27.8 Å². The topological polar surface area (TPSA) is 42.1 Å². The highest BCUT2D eigenvalue weighted by Crippen LogP contribution is 2.34. The molecule has 106 valence electrons. The number of nitrogens with zero attached hydrogens (tertiary/aromatic N) is 2. The first kappa shape index (κ1) is 13.4. The molecule has 0 saturated carbocycles. The zero-order valence-electron chi connectivity index (χ0n) is 12.0. The lowest BCUT2D eigenvalue weighted by molar-refractivity contribution is 0.628. The van der Waals surface area contributed by atoms with E-state index in [4.69, 9.17) is 5.73 Å². The predicted octanol–water partition coefficient (Wildman–Crippen LogP) is 4.03. The van der Waals surface area contributed by atoms with Gasteiger partial charge < -0.3 is 10.6 Å². The second-order valence-electron chi connectivity index (χ2n) is 5.06. The summed E-state index contributed by atoms with van der Waals surface area (Å²) >= 11 is 0. The third kappa shape index (κ3) is 2.29. The Balaban J connectivity index is 2.23. The van der Waals surface area contributed by atoms with Crippen LogP contribution in [0.2, 0.25) is 0 Å². The molecule has 0 saturated heterocycles. The van der Waals surface area contributed by atoms with Gasteiger partial charge in [-0.1, -0.05) is 12.1 Å². The molecule has 0 amide bonds. The quantitative estimate of drug-likeness (QED) is 0.721. The summed E-state index contributed by atoms with van der Waals surface area (Å²) in [4.78, 5) is 6.12. The van der Waals surface area contributed by atoms with Crippen LogP contribution in [0.5, 0.6) is 0 Å². The second kappa shape index (κ2) is 5.05. The SMILES string of the molecule is Cc1cc2c(N(C)c3ccccc3F)ccc(N)c2cn1. The molecule has 3 aromatic rings. The number of para-hydroxylation sites is 1. The highest BCUT2D eigenvalue weighted by Gasteiger charge is 2.13. The Morgan fingerprint density at radius 1 is 1.05 bits per heavy atom. The van der Waals surface area contributed by atoms with E-state index in [1.807, 2.05) is 43.1 Å². The van der Waals surface area contributed by atoms with Gasteiger partial charge in [0.2, 0.25) is 0 Å². The van der Waals surface area contributed by atoms with E-state index in [1.165, 1.54) is 6.07 Å².